The van der Waals surface area contributed by atoms with E-state index in [9.17, 15) is 53.1 Å². The lowest BCUT2D eigenvalue weighted by atomic mass is 9.71. The van der Waals surface area contributed by atoms with E-state index in [0.29, 0.717) is 216 Å². The molecule has 826 valence electrons. The van der Waals surface area contributed by atoms with Crippen molar-refractivity contribution in [1.29, 1.82) is 0 Å². The first-order chi connectivity index (χ1) is 72.3. The number of methoxy groups -OCH3 is 1. The Bertz CT molecular complexity index is 5040. The van der Waals surface area contributed by atoms with E-state index in [1.807, 2.05) is 11.0 Å². The van der Waals surface area contributed by atoms with Crippen LogP contribution in [0.1, 0.15) is 232 Å². The summed E-state index contributed by atoms with van der Waals surface area (Å²) in [4.78, 5) is 150. The summed E-state index contributed by atoms with van der Waals surface area (Å²) in [5.41, 5.74) is 4.35. The number of carbonyl (C=O) groups is 10. The highest BCUT2D eigenvalue weighted by molar-refractivity contribution is 6.08. The number of ether oxygens (including phenoxy) is 14. The fraction of sp³-hybridized carbons (Fsp3) is 0.636. The molecule has 1 unspecified atom stereocenters. The van der Waals surface area contributed by atoms with Gasteiger partial charge in [0.25, 0.3) is 11.8 Å². The Balaban J connectivity index is 0.522. The lowest BCUT2D eigenvalue weighted by Gasteiger charge is -2.47. The number of benzene rings is 4. The summed E-state index contributed by atoms with van der Waals surface area (Å²) in [6.07, 6.45) is 22.5. The second-order valence-corrected chi connectivity index (χ2v) is 38.2. The number of amides is 8. The van der Waals surface area contributed by atoms with Crippen molar-refractivity contribution in [3.63, 3.8) is 0 Å². The molecule has 149 heavy (non-hydrogen) atoms. The maximum Gasteiger partial charge on any atom is 0.328 e. The third kappa shape index (κ3) is 44.3. The Morgan fingerprint density at radius 1 is 0.564 bits per heavy atom. The normalized spacial score (nSPS) is 14.0. The summed E-state index contributed by atoms with van der Waals surface area (Å²) < 4.78 is 110. The van der Waals surface area contributed by atoms with Crippen LogP contribution in [0.4, 0.5) is 25.0 Å². The van der Waals surface area contributed by atoms with Crippen LogP contribution in [-0.2, 0) is 107 Å². The molecular formula is C110H161F2N11O26. The number of unbranched alkanes of at least 4 members (excludes halogenated alkanes) is 14. The number of aliphatic carboxylic acids is 2. The number of imide groups is 1. The van der Waals surface area contributed by atoms with E-state index in [4.69, 9.17) is 71.4 Å². The number of piperidine rings is 2. The van der Waals surface area contributed by atoms with Crippen LogP contribution in [0.2, 0.25) is 0 Å². The number of H-pyrrole nitrogens is 1. The number of anilines is 2. The molecule has 3 aliphatic heterocycles. The molecular weight excluding hydrogens is 1930 g/mol. The summed E-state index contributed by atoms with van der Waals surface area (Å²) in [5.74, 6) is -5.88. The van der Waals surface area contributed by atoms with Crippen molar-refractivity contribution in [2.75, 3.05) is 241 Å². The molecule has 5 heterocycles. The summed E-state index contributed by atoms with van der Waals surface area (Å²) in [6.45, 7) is 22.1. The van der Waals surface area contributed by atoms with Crippen LogP contribution in [0, 0.1) is 24.0 Å². The largest absolute Gasteiger partial charge is 0.495 e. The molecule has 0 radical (unpaired) electrons. The number of esters is 1. The number of aromatic nitrogens is 3. The first kappa shape index (κ1) is 122. The van der Waals surface area contributed by atoms with Gasteiger partial charge in [-0.25, -0.2) is 28.3 Å². The van der Waals surface area contributed by atoms with Gasteiger partial charge in [0.1, 0.15) is 47.5 Å². The van der Waals surface area contributed by atoms with E-state index in [0.717, 1.165) is 126 Å². The number of likely N-dealkylation sites (tertiary alicyclic amines) is 2. The molecule has 3 fully saturated rings. The van der Waals surface area contributed by atoms with Gasteiger partial charge in [-0.15, -0.1) is 0 Å². The van der Waals surface area contributed by atoms with Crippen LogP contribution < -0.4 is 25.6 Å². The molecule has 2 aromatic heterocycles. The fourth-order valence-electron chi connectivity index (χ4n) is 18.1. The summed E-state index contributed by atoms with van der Waals surface area (Å²) in [5, 5.41) is 27.5. The number of likely N-dealkylation sites (N-methyl/N-ethyl adjacent to an activating group) is 1. The zero-order valence-electron chi connectivity index (χ0n) is 88.4. The van der Waals surface area contributed by atoms with Crippen molar-refractivity contribution in [3.8, 4) is 28.3 Å². The van der Waals surface area contributed by atoms with Gasteiger partial charge >= 0.3 is 23.9 Å². The molecule has 1 spiro atoms. The molecule has 0 aliphatic carbocycles. The highest BCUT2D eigenvalue weighted by Crippen LogP contribution is 2.43. The van der Waals surface area contributed by atoms with E-state index in [2.05, 4.69) is 67.0 Å². The lowest BCUT2D eigenvalue weighted by Crippen LogP contribution is -2.50. The van der Waals surface area contributed by atoms with Crippen molar-refractivity contribution in [2.45, 2.75) is 220 Å². The number of nitrogens with one attached hydrogen (secondary N) is 4. The molecule has 4 aromatic carbocycles. The molecule has 6 N–H and O–H groups in total. The zero-order chi connectivity index (χ0) is 107. The Hall–Kier alpha value is -10.7. The van der Waals surface area contributed by atoms with Gasteiger partial charge in [-0.3, -0.25) is 48.6 Å². The first-order valence-electron chi connectivity index (χ1n) is 53.4. The SMILES string of the molecule is CCCCCCCCCCCN(C(=O)CCCCCCCCCC(=O)O)C(CCC(=O)NCCOCCOCCOCCOCCOCCOCCOCCOCCOCCOCCOCCOCCC(=O)N(CC)CC(=O)OC(C)(C)c1ccc(C(=O)Nc2cc(F)cc(-c3ncnc4[nH]c(-c5ccc(CCN6CCC7(CC6)CCN(C(=O)c6ccc(OC)c(N8CCC(=O)NC8=O)c6)CC7)cc5)cc34)c2C)c(F)c1)C(=O)O. The predicted molar refractivity (Wildman–Crippen MR) is 557 cm³/mol. The molecule has 3 aliphatic rings. The van der Waals surface area contributed by atoms with Crippen molar-refractivity contribution < 1.29 is 133 Å². The van der Waals surface area contributed by atoms with Crippen LogP contribution in [0.25, 0.3) is 33.5 Å². The minimum atomic E-state index is -1.39. The Morgan fingerprint density at radius 2 is 1.09 bits per heavy atom. The molecule has 3 saturated heterocycles. The van der Waals surface area contributed by atoms with Crippen LogP contribution in [0.15, 0.2) is 85.2 Å². The van der Waals surface area contributed by atoms with Crippen LogP contribution >= 0.6 is 0 Å². The number of carboxylic acids is 2. The monoisotopic (exact) mass is 2090 g/mol. The Morgan fingerprint density at radius 3 is 1.62 bits per heavy atom. The quantitative estimate of drug-likeness (QED) is 0.0152. The van der Waals surface area contributed by atoms with E-state index >= 15 is 8.78 Å². The topological polar surface area (TPSA) is 434 Å². The van der Waals surface area contributed by atoms with E-state index in [1.165, 1.54) is 84.0 Å². The van der Waals surface area contributed by atoms with Crippen LogP contribution in [0.3, 0.4) is 0 Å². The molecule has 0 bridgehead atoms. The molecule has 37 nitrogen and oxygen atoms in total. The standard InChI is InChI=1S/C110H161F2N11O26/c1-7-9-10-11-12-13-17-20-23-44-122(100(127)24-21-18-15-14-16-19-22-25-101(128)129)94(107(133)134)33-35-97(124)113-43-52-138-54-56-140-58-60-142-62-64-144-66-68-146-70-72-148-74-73-147-71-69-145-67-65-143-63-61-141-59-57-139-55-53-137-51-38-99(126)120(8-2)80-102(130)149-109(4,5)86-31-32-88(91(112)76-86)105(131)117-92-78-87(111)77-89(82(92)3)103-90-79-93(116-104(90)115-81-114-103)84-28-26-83(27-29-84)36-45-119-47-39-110(40-48-119)41-49-121(50-42-110)106(132)85-30-34-96(136-6)95(75-85)123-46-37-98(125)118-108(123)135/h26-32,34,75-79,81,94H,7-25,33,35-74,80H2,1-6H3,(H,113,124)(H,117,131)(H,128,129)(H,133,134)(H,114,115,116)(H,118,125,135). The van der Waals surface area contributed by atoms with Gasteiger partial charge in [-0.2, -0.15) is 0 Å². The molecule has 6 aromatic rings. The second kappa shape index (κ2) is 69.0. The third-order valence-corrected chi connectivity index (χ3v) is 26.9. The number of hydrogen-bond donors (Lipinski definition) is 6. The molecule has 0 saturated carbocycles. The molecule has 8 amide bonds. The number of aromatic amines is 1. The summed E-state index contributed by atoms with van der Waals surface area (Å²) in [6, 6.07) is 20.0. The van der Waals surface area contributed by atoms with Gasteiger partial charge < -0.3 is 112 Å². The van der Waals surface area contributed by atoms with Crippen molar-refractivity contribution in [2.24, 2.45) is 5.41 Å². The zero-order valence-corrected chi connectivity index (χ0v) is 88.4. The number of fused-ring (bicyclic) bond motifs is 1. The van der Waals surface area contributed by atoms with Crippen LogP contribution in [-0.4, -0.2) is 341 Å². The number of carboxylic acid groups (broad SMARTS) is 2. The molecule has 9 rings (SSSR count). The van der Waals surface area contributed by atoms with Crippen LogP contribution in [0.5, 0.6) is 5.75 Å². The van der Waals surface area contributed by atoms with Gasteiger partial charge in [-0.1, -0.05) is 121 Å². The maximum absolute atomic E-state index is 16.1. The second-order valence-electron chi connectivity index (χ2n) is 38.2. The minimum absolute atomic E-state index is 0.00118. The van der Waals surface area contributed by atoms with Gasteiger partial charge in [0.15, 0.2) is 0 Å². The number of rotatable bonds is 79. The van der Waals surface area contributed by atoms with E-state index in [-0.39, 0.29) is 143 Å². The highest BCUT2D eigenvalue weighted by Gasteiger charge is 2.40. The maximum atomic E-state index is 16.1. The van der Waals surface area contributed by atoms with Crippen molar-refractivity contribution in [3.05, 3.63) is 125 Å². The smallest absolute Gasteiger partial charge is 0.328 e. The summed E-state index contributed by atoms with van der Waals surface area (Å²) in [7, 11) is 1.50. The fourth-order valence-corrected chi connectivity index (χ4v) is 18.1. The average Bonchev–Trinajstić information content (AvgIpc) is 1.68. The number of nitrogens with zero attached hydrogens (tertiary/aromatic N) is 7. The van der Waals surface area contributed by atoms with Gasteiger partial charge in [0.05, 0.1) is 189 Å². The predicted octanol–water partition coefficient (Wildman–Crippen LogP) is 14.7. The summed E-state index contributed by atoms with van der Waals surface area (Å²) >= 11 is 0. The van der Waals surface area contributed by atoms with Gasteiger partial charge in [-0.05, 0) is 175 Å². The van der Waals surface area contributed by atoms with Gasteiger partial charge in [0, 0.05) is 99.4 Å². The first-order valence-corrected chi connectivity index (χ1v) is 53.4. The third-order valence-electron chi connectivity index (χ3n) is 26.9. The number of hydrogen-bond acceptors (Lipinski definition) is 27. The Labute approximate surface area is 875 Å². The number of urea groups is 1. The lowest BCUT2D eigenvalue weighted by molar-refractivity contribution is -0.161. The van der Waals surface area contributed by atoms with E-state index in [1.54, 1.807) is 45.9 Å². The van der Waals surface area contributed by atoms with Crippen molar-refractivity contribution in [1.82, 2.24) is 45.2 Å². The molecule has 39 heteroatoms. The number of carbonyl (C=O) groups excluding carboxylic acids is 8. The minimum Gasteiger partial charge on any atom is -0.495 e. The number of halogens is 2. The van der Waals surface area contributed by atoms with Crippen molar-refractivity contribution >= 4 is 81.8 Å². The highest BCUT2D eigenvalue weighted by atomic mass is 19.1. The molecule has 1 atom stereocenters. The Kier molecular flexibility index (Phi) is 56.4. The average molecular weight is 2090 g/mol. The van der Waals surface area contributed by atoms with E-state index < -0.39 is 53.1 Å². The van der Waals surface area contributed by atoms with Gasteiger partial charge in [0.2, 0.25) is 23.6 Å².